The summed E-state index contributed by atoms with van der Waals surface area (Å²) >= 11 is 0. The van der Waals surface area contributed by atoms with Crippen LogP contribution in [0.1, 0.15) is 16.8 Å². The van der Waals surface area contributed by atoms with Gasteiger partial charge >= 0.3 is 11.9 Å². The number of aromatic nitrogens is 1. The molecule has 0 fully saturated rings. The summed E-state index contributed by atoms with van der Waals surface area (Å²) < 4.78 is 10.2. The van der Waals surface area contributed by atoms with E-state index in [-0.39, 0.29) is 29.4 Å². The van der Waals surface area contributed by atoms with E-state index >= 15 is 0 Å². The minimum Gasteiger partial charge on any atom is -0.479 e. The van der Waals surface area contributed by atoms with E-state index in [2.05, 4.69) is 15.6 Å². The Hall–Kier alpha value is -3.66. The van der Waals surface area contributed by atoms with Crippen LogP contribution in [0.15, 0.2) is 42.6 Å². The van der Waals surface area contributed by atoms with E-state index in [0.29, 0.717) is 13.1 Å². The summed E-state index contributed by atoms with van der Waals surface area (Å²) in [6.07, 6.45) is 2.48. The van der Waals surface area contributed by atoms with Crippen molar-refractivity contribution in [2.24, 2.45) is 0 Å². The maximum atomic E-state index is 12.4. The molecule has 0 spiro atoms. The molecule has 160 valence electrons. The molecule has 0 amide bonds. The molecule has 0 saturated carbocycles. The lowest BCUT2D eigenvalue weighted by Crippen LogP contribution is -2.25. The van der Waals surface area contributed by atoms with Gasteiger partial charge in [0.05, 0.1) is 6.54 Å². The van der Waals surface area contributed by atoms with Gasteiger partial charge in [0.2, 0.25) is 0 Å². The zero-order valence-corrected chi connectivity index (χ0v) is 16.2. The largest absolute Gasteiger partial charge is 0.479 e. The first-order valence-corrected chi connectivity index (χ1v) is 9.18. The summed E-state index contributed by atoms with van der Waals surface area (Å²) in [6.45, 7) is 0.111. The molecule has 0 aliphatic heterocycles. The Morgan fingerprint density at radius 3 is 2.33 bits per heavy atom. The van der Waals surface area contributed by atoms with Crippen molar-refractivity contribution in [3.8, 4) is 11.5 Å². The van der Waals surface area contributed by atoms with Crippen molar-refractivity contribution in [3.05, 3.63) is 48.2 Å². The number of ether oxygens (including phenoxy) is 2. The quantitative estimate of drug-likeness (QED) is 0.262. The zero-order chi connectivity index (χ0) is 21.8. The Morgan fingerprint density at radius 1 is 0.933 bits per heavy atom. The first-order chi connectivity index (χ1) is 14.5. The third-order valence-electron chi connectivity index (χ3n) is 3.75. The SMILES string of the molecule is O=C(O)COc1ccc(C(=O)CNCCCNc2ccccn2)cc1OCC(=O)O. The van der Waals surface area contributed by atoms with Crippen molar-refractivity contribution in [1.29, 1.82) is 0 Å². The fraction of sp³-hybridized carbons (Fsp3) is 0.300. The van der Waals surface area contributed by atoms with E-state index in [1.165, 1.54) is 18.2 Å². The number of carboxylic acids is 2. The van der Waals surface area contributed by atoms with Crippen LogP contribution < -0.4 is 20.1 Å². The second-order valence-electron chi connectivity index (χ2n) is 6.12. The highest BCUT2D eigenvalue weighted by Gasteiger charge is 2.14. The molecule has 0 aliphatic carbocycles. The van der Waals surface area contributed by atoms with E-state index in [1.54, 1.807) is 6.20 Å². The number of aliphatic carboxylic acids is 2. The van der Waals surface area contributed by atoms with Gasteiger partial charge in [-0.05, 0) is 43.3 Å². The molecule has 1 aromatic heterocycles. The Bertz CT molecular complexity index is 859. The van der Waals surface area contributed by atoms with Gasteiger partial charge < -0.3 is 30.3 Å². The Balaban J connectivity index is 1.83. The third kappa shape index (κ3) is 8.15. The average molecular weight is 417 g/mol. The number of anilines is 1. The number of pyridine rings is 1. The van der Waals surface area contributed by atoms with Crippen LogP contribution >= 0.6 is 0 Å². The van der Waals surface area contributed by atoms with Gasteiger partial charge in [0.25, 0.3) is 0 Å². The van der Waals surface area contributed by atoms with Crippen molar-refractivity contribution in [3.63, 3.8) is 0 Å². The number of Topliss-reactive ketones (excluding diaryl/α,β-unsaturated/α-hetero) is 1. The van der Waals surface area contributed by atoms with Crippen LogP contribution in [0, 0.1) is 0 Å². The molecular formula is C20H23N3O7. The lowest BCUT2D eigenvalue weighted by atomic mass is 10.1. The number of nitrogens with zero attached hydrogens (tertiary/aromatic N) is 1. The second kappa shape index (κ2) is 12.0. The van der Waals surface area contributed by atoms with Crippen LogP contribution in [0.4, 0.5) is 5.82 Å². The van der Waals surface area contributed by atoms with Gasteiger partial charge in [-0.15, -0.1) is 0 Å². The third-order valence-corrected chi connectivity index (χ3v) is 3.75. The molecule has 0 unspecified atom stereocenters. The number of benzene rings is 1. The minimum atomic E-state index is -1.21. The molecule has 10 nitrogen and oxygen atoms in total. The van der Waals surface area contributed by atoms with Gasteiger partial charge in [-0.3, -0.25) is 4.79 Å². The smallest absolute Gasteiger partial charge is 0.341 e. The number of carbonyl (C=O) groups excluding carboxylic acids is 1. The molecule has 30 heavy (non-hydrogen) atoms. The van der Waals surface area contributed by atoms with Crippen LogP contribution in [0.25, 0.3) is 0 Å². The van der Waals surface area contributed by atoms with Crippen molar-refractivity contribution >= 4 is 23.5 Å². The number of hydrogen-bond donors (Lipinski definition) is 4. The number of nitrogens with one attached hydrogen (secondary N) is 2. The number of rotatable bonds is 14. The maximum absolute atomic E-state index is 12.4. The van der Waals surface area contributed by atoms with Crippen LogP contribution in [-0.4, -0.2) is 65.8 Å². The predicted octanol–water partition coefficient (Wildman–Crippen LogP) is 1.28. The summed E-state index contributed by atoms with van der Waals surface area (Å²) in [5.74, 6) is -1.81. The highest BCUT2D eigenvalue weighted by molar-refractivity contribution is 5.98. The van der Waals surface area contributed by atoms with E-state index in [1.807, 2.05) is 18.2 Å². The summed E-state index contributed by atoms with van der Waals surface area (Å²) in [5.41, 5.74) is 0.289. The average Bonchev–Trinajstić information content (AvgIpc) is 2.73. The van der Waals surface area contributed by atoms with Gasteiger partial charge in [-0.1, -0.05) is 6.07 Å². The number of carbonyl (C=O) groups is 3. The second-order valence-corrected chi connectivity index (χ2v) is 6.12. The topological polar surface area (TPSA) is 147 Å². The predicted molar refractivity (Wildman–Crippen MR) is 107 cm³/mol. The highest BCUT2D eigenvalue weighted by Crippen LogP contribution is 2.28. The Kier molecular flexibility index (Phi) is 9.07. The van der Waals surface area contributed by atoms with Crippen molar-refractivity contribution < 1.29 is 34.1 Å². The highest BCUT2D eigenvalue weighted by atomic mass is 16.5. The molecule has 10 heteroatoms. The maximum Gasteiger partial charge on any atom is 0.341 e. The van der Waals surface area contributed by atoms with Gasteiger partial charge in [-0.25, -0.2) is 14.6 Å². The first-order valence-electron chi connectivity index (χ1n) is 9.18. The van der Waals surface area contributed by atoms with Crippen LogP contribution in [0.3, 0.4) is 0 Å². The normalized spacial score (nSPS) is 10.3. The molecule has 2 rings (SSSR count). The molecule has 0 saturated heterocycles. The molecule has 2 aromatic rings. The monoisotopic (exact) mass is 417 g/mol. The zero-order valence-electron chi connectivity index (χ0n) is 16.2. The van der Waals surface area contributed by atoms with Crippen LogP contribution in [0.2, 0.25) is 0 Å². The van der Waals surface area contributed by atoms with Crippen molar-refractivity contribution in [2.75, 3.05) is 38.2 Å². The van der Waals surface area contributed by atoms with Gasteiger partial charge in [-0.2, -0.15) is 0 Å². The fourth-order valence-corrected chi connectivity index (χ4v) is 2.39. The molecule has 4 N–H and O–H groups in total. The Labute approximate surface area is 172 Å². The van der Waals surface area contributed by atoms with Crippen molar-refractivity contribution in [1.82, 2.24) is 10.3 Å². The molecule has 0 bridgehead atoms. The summed E-state index contributed by atoms with van der Waals surface area (Å²) in [5, 5.41) is 23.7. The van der Waals surface area contributed by atoms with E-state index in [0.717, 1.165) is 12.2 Å². The molecule has 0 radical (unpaired) electrons. The summed E-state index contributed by atoms with van der Waals surface area (Å²) in [4.78, 5) is 37.9. The molecule has 1 heterocycles. The van der Waals surface area contributed by atoms with Gasteiger partial charge in [0, 0.05) is 18.3 Å². The molecule has 0 atom stereocenters. The van der Waals surface area contributed by atoms with E-state index in [4.69, 9.17) is 19.7 Å². The Morgan fingerprint density at radius 2 is 1.67 bits per heavy atom. The fourth-order valence-electron chi connectivity index (χ4n) is 2.39. The minimum absolute atomic E-state index is 0.0101. The number of carboxylic acid groups (broad SMARTS) is 2. The van der Waals surface area contributed by atoms with Gasteiger partial charge in [0.15, 0.2) is 30.5 Å². The molecular weight excluding hydrogens is 394 g/mol. The van der Waals surface area contributed by atoms with Gasteiger partial charge in [0.1, 0.15) is 5.82 Å². The first kappa shape index (κ1) is 22.6. The van der Waals surface area contributed by atoms with Crippen molar-refractivity contribution in [2.45, 2.75) is 6.42 Å². The van der Waals surface area contributed by atoms with Crippen LogP contribution in [0.5, 0.6) is 11.5 Å². The lowest BCUT2D eigenvalue weighted by molar-refractivity contribution is -0.140. The number of ketones is 1. The molecule has 1 aromatic carbocycles. The standard InChI is InChI=1S/C20H23N3O7/c24-15(11-21-7-3-9-23-18-4-1-2-8-22-18)14-5-6-16(29-12-19(25)26)17(10-14)30-13-20(27)28/h1-2,4-6,8,10,21H,3,7,9,11-13H2,(H,22,23)(H,25,26)(H,27,28). The lowest BCUT2D eigenvalue weighted by Gasteiger charge is -2.12. The summed E-state index contributed by atoms with van der Waals surface area (Å²) in [7, 11) is 0. The summed E-state index contributed by atoms with van der Waals surface area (Å²) in [6, 6.07) is 9.78. The van der Waals surface area contributed by atoms with Crippen LogP contribution in [-0.2, 0) is 9.59 Å². The molecule has 0 aliphatic rings. The van der Waals surface area contributed by atoms with E-state index in [9.17, 15) is 14.4 Å². The number of hydrogen-bond acceptors (Lipinski definition) is 8. The van der Waals surface area contributed by atoms with E-state index < -0.39 is 25.2 Å².